The van der Waals surface area contributed by atoms with Crippen LogP contribution < -0.4 is 16.4 Å². The summed E-state index contributed by atoms with van der Waals surface area (Å²) < 4.78 is 0. The summed E-state index contributed by atoms with van der Waals surface area (Å²) in [6, 6.07) is -1.90. The molecule has 0 radical (unpaired) electrons. The molecule has 0 heterocycles. The highest BCUT2D eigenvalue weighted by Gasteiger charge is 2.21. The number of nitrogens with two attached hydrogens (primary N) is 1. The molecule has 0 aliphatic carbocycles. The first-order valence-corrected chi connectivity index (χ1v) is 6.41. The van der Waals surface area contributed by atoms with Gasteiger partial charge in [0, 0.05) is 6.54 Å². The van der Waals surface area contributed by atoms with E-state index in [-0.39, 0.29) is 0 Å². The SMILES string of the molecule is CSCCCNC(=O)N[C@@H](CC(N)=O)C(=O)O. The lowest BCUT2D eigenvalue weighted by molar-refractivity contribution is -0.140. The number of amides is 3. The Morgan fingerprint density at radius 3 is 2.53 bits per heavy atom. The van der Waals surface area contributed by atoms with Crippen molar-refractivity contribution in [1.29, 1.82) is 0 Å². The van der Waals surface area contributed by atoms with E-state index in [1.54, 1.807) is 11.8 Å². The lowest BCUT2D eigenvalue weighted by atomic mass is 10.2. The van der Waals surface area contributed by atoms with Crippen LogP contribution in [0.1, 0.15) is 12.8 Å². The number of hydrogen-bond acceptors (Lipinski definition) is 4. The summed E-state index contributed by atoms with van der Waals surface area (Å²) in [7, 11) is 0. The molecule has 0 aromatic rings. The second-order valence-electron chi connectivity index (χ2n) is 3.31. The maximum atomic E-state index is 11.3. The summed E-state index contributed by atoms with van der Waals surface area (Å²) in [5.74, 6) is -1.16. The van der Waals surface area contributed by atoms with Crippen LogP contribution >= 0.6 is 11.8 Å². The Balaban J connectivity index is 3.96. The van der Waals surface area contributed by atoms with Crippen LogP contribution in [0.4, 0.5) is 4.79 Å². The Morgan fingerprint density at radius 1 is 1.41 bits per heavy atom. The third kappa shape index (κ3) is 8.38. The van der Waals surface area contributed by atoms with Crippen molar-refractivity contribution in [2.75, 3.05) is 18.6 Å². The fourth-order valence-corrected chi connectivity index (χ4v) is 1.46. The van der Waals surface area contributed by atoms with E-state index in [2.05, 4.69) is 10.6 Å². The molecule has 0 spiro atoms. The fourth-order valence-electron chi connectivity index (χ4n) is 1.03. The summed E-state index contributed by atoms with van der Waals surface area (Å²) >= 11 is 1.65. The zero-order chi connectivity index (χ0) is 13.3. The predicted molar refractivity (Wildman–Crippen MR) is 64.8 cm³/mol. The van der Waals surface area contributed by atoms with E-state index in [1.165, 1.54) is 0 Å². The van der Waals surface area contributed by atoms with Gasteiger partial charge in [-0.2, -0.15) is 11.8 Å². The van der Waals surface area contributed by atoms with E-state index in [1.807, 2.05) is 6.26 Å². The topological polar surface area (TPSA) is 122 Å². The normalized spacial score (nSPS) is 11.6. The molecular formula is C9H17N3O4S. The van der Waals surface area contributed by atoms with Gasteiger partial charge in [0.05, 0.1) is 6.42 Å². The molecule has 17 heavy (non-hydrogen) atoms. The number of nitrogens with one attached hydrogen (secondary N) is 2. The Hall–Kier alpha value is -1.44. The molecule has 0 saturated heterocycles. The fraction of sp³-hybridized carbons (Fsp3) is 0.667. The first kappa shape index (κ1) is 15.6. The van der Waals surface area contributed by atoms with Gasteiger partial charge in [-0.05, 0) is 18.4 Å². The van der Waals surface area contributed by atoms with E-state index >= 15 is 0 Å². The van der Waals surface area contributed by atoms with Crippen LogP contribution in [-0.2, 0) is 9.59 Å². The first-order valence-electron chi connectivity index (χ1n) is 5.01. The summed E-state index contributed by atoms with van der Waals surface area (Å²) in [6.45, 7) is 0.454. The van der Waals surface area contributed by atoms with E-state index in [0.29, 0.717) is 6.54 Å². The molecule has 0 fully saturated rings. The minimum atomic E-state index is -1.29. The van der Waals surface area contributed by atoms with Gasteiger partial charge >= 0.3 is 12.0 Å². The number of carbonyl (C=O) groups excluding carboxylic acids is 2. The van der Waals surface area contributed by atoms with E-state index < -0.39 is 30.4 Å². The first-order chi connectivity index (χ1) is 7.97. The van der Waals surface area contributed by atoms with Crippen LogP contribution in [0.2, 0.25) is 0 Å². The van der Waals surface area contributed by atoms with Crippen molar-refractivity contribution in [3.8, 4) is 0 Å². The van der Waals surface area contributed by atoms with Crippen molar-refractivity contribution >= 4 is 29.7 Å². The van der Waals surface area contributed by atoms with Crippen molar-refractivity contribution in [2.45, 2.75) is 18.9 Å². The van der Waals surface area contributed by atoms with E-state index in [9.17, 15) is 14.4 Å². The highest BCUT2D eigenvalue weighted by atomic mass is 32.2. The van der Waals surface area contributed by atoms with Crippen molar-refractivity contribution in [3.63, 3.8) is 0 Å². The Bertz CT molecular complexity index is 285. The molecule has 98 valence electrons. The Kier molecular flexibility index (Phi) is 7.95. The predicted octanol–water partition coefficient (Wildman–Crippen LogP) is -0.633. The summed E-state index contributed by atoms with van der Waals surface area (Å²) in [4.78, 5) is 32.5. The van der Waals surface area contributed by atoms with Crippen LogP contribution in [0.3, 0.4) is 0 Å². The lowest BCUT2D eigenvalue weighted by Gasteiger charge is -2.13. The van der Waals surface area contributed by atoms with Crippen LogP contribution in [0, 0.1) is 0 Å². The van der Waals surface area contributed by atoms with Crippen LogP contribution in [0.25, 0.3) is 0 Å². The average Bonchev–Trinajstić information content (AvgIpc) is 2.22. The third-order valence-electron chi connectivity index (χ3n) is 1.82. The molecule has 0 rings (SSSR count). The van der Waals surface area contributed by atoms with Crippen LogP contribution in [-0.4, -0.2) is 47.6 Å². The molecule has 7 nitrogen and oxygen atoms in total. The van der Waals surface area contributed by atoms with Gasteiger partial charge in [-0.15, -0.1) is 0 Å². The van der Waals surface area contributed by atoms with Crippen LogP contribution in [0.15, 0.2) is 0 Å². The smallest absolute Gasteiger partial charge is 0.326 e. The van der Waals surface area contributed by atoms with Crippen LogP contribution in [0.5, 0.6) is 0 Å². The molecule has 0 unspecified atom stereocenters. The number of carbonyl (C=O) groups is 3. The Morgan fingerprint density at radius 2 is 2.06 bits per heavy atom. The van der Waals surface area contributed by atoms with Gasteiger partial charge in [0.15, 0.2) is 0 Å². The monoisotopic (exact) mass is 263 g/mol. The number of carboxylic acid groups (broad SMARTS) is 1. The summed E-state index contributed by atoms with van der Waals surface area (Å²) in [6.07, 6.45) is 2.32. The largest absolute Gasteiger partial charge is 0.480 e. The molecule has 0 aromatic heterocycles. The average molecular weight is 263 g/mol. The molecule has 0 saturated carbocycles. The second-order valence-corrected chi connectivity index (χ2v) is 4.29. The van der Waals surface area contributed by atoms with Gasteiger partial charge in [-0.25, -0.2) is 9.59 Å². The molecule has 8 heteroatoms. The number of aliphatic carboxylic acids is 1. The number of urea groups is 1. The van der Waals surface area contributed by atoms with Crippen molar-refractivity contribution < 1.29 is 19.5 Å². The number of carboxylic acids is 1. The minimum Gasteiger partial charge on any atom is -0.480 e. The van der Waals surface area contributed by atoms with Gasteiger partial charge in [0.25, 0.3) is 0 Å². The standard InChI is InChI=1S/C9H17N3O4S/c1-17-4-2-3-11-9(16)12-6(8(14)15)5-7(10)13/h6H,2-5H2,1H3,(H2,10,13)(H,14,15)(H2,11,12,16)/t6-/m0/s1. The summed E-state index contributed by atoms with van der Waals surface area (Å²) in [5.41, 5.74) is 4.87. The number of rotatable bonds is 8. The lowest BCUT2D eigenvalue weighted by Crippen LogP contribution is -2.47. The molecule has 3 amide bonds. The molecule has 5 N–H and O–H groups in total. The van der Waals surface area contributed by atoms with E-state index in [4.69, 9.17) is 10.8 Å². The van der Waals surface area contributed by atoms with Gasteiger partial charge < -0.3 is 21.5 Å². The van der Waals surface area contributed by atoms with Gasteiger partial charge in [0.1, 0.15) is 6.04 Å². The number of primary amides is 1. The zero-order valence-electron chi connectivity index (χ0n) is 9.56. The molecule has 1 atom stereocenters. The quantitative estimate of drug-likeness (QED) is 0.434. The maximum absolute atomic E-state index is 11.3. The highest BCUT2D eigenvalue weighted by Crippen LogP contribution is 1.94. The third-order valence-corrected chi connectivity index (χ3v) is 2.52. The number of hydrogen-bond donors (Lipinski definition) is 4. The minimum absolute atomic E-state index is 0.423. The molecule has 0 aliphatic rings. The maximum Gasteiger partial charge on any atom is 0.326 e. The molecule has 0 aromatic carbocycles. The second kappa shape index (κ2) is 8.68. The van der Waals surface area contributed by atoms with Crippen molar-refractivity contribution in [1.82, 2.24) is 10.6 Å². The van der Waals surface area contributed by atoms with Crippen molar-refractivity contribution in [3.05, 3.63) is 0 Å². The molecular weight excluding hydrogens is 246 g/mol. The number of thioether (sulfide) groups is 1. The summed E-state index contributed by atoms with van der Waals surface area (Å²) in [5, 5.41) is 13.4. The van der Waals surface area contributed by atoms with Gasteiger partial charge in [-0.1, -0.05) is 0 Å². The van der Waals surface area contributed by atoms with Gasteiger partial charge in [0.2, 0.25) is 5.91 Å². The molecule has 0 aliphatic heterocycles. The molecule has 0 bridgehead atoms. The highest BCUT2D eigenvalue weighted by molar-refractivity contribution is 7.98. The zero-order valence-corrected chi connectivity index (χ0v) is 10.4. The van der Waals surface area contributed by atoms with Gasteiger partial charge in [-0.3, -0.25) is 4.79 Å². The Labute approximate surface area is 104 Å². The van der Waals surface area contributed by atoms with E-state index in [0.717, 1.165) is 12.2 Å². The van der Waals surface area contributed by atoms with Crippen molar-refractivity contribution in [2.24, 2.45) is 5.73 Å².